The van der Waals surface area contributed by atoms with Crippen LogP contribution in [0.25, 0.3) is 0 Å². The highest BCUT2D eigenvalue weighted by Gasteiger charge is 2.29. The van der Waals surface area contributed by atoms with Gasteiger partial charge in [-0.3, -0.25) is 4.79 Å². The Bertz CT molecular complexity index is 710. The first kappa shape index (κ1) is 15.7. The van der Waals surface area contributed by atoms with Crippen LogP contribution in [0.3, 0.4) is 0 Å². The molecule has 6 heteroatoms. The van der Waals surface area contributed by atoms with E-state index in [0.29, 0.717) is 37.6 Å². The zero-order valence-corrected chi connectivity index (χ0v) is 13.8. The molecule has 122 valence electrons. The molecule has 0 radical (unpaired) electrons. The fraction of sp³-hybridized carbons (Fsp3) is 0.471. The largest absolute Gasteiger partial charge is 0.370 e. The van der Waals surface area contributed by atoms with E-state index >= 15 is 0 Å². The third kappa shape index (κ3) is 3.12. The standard InChI is InChI=1S/C17H22N4O2/c1-4-21-18-13(3)16(19-21)17(22)20-9-10-23-15(11-20)14-8-6-5-7-12(14)2/h5-8,15H,4,9-11H2,1-3H3. The lowest BCUT2D eigenvalue weighted by molar-refractivity contribution is -0.0233. The number of carbonyl (C=O) groups is 1. The molecule has 6 nitrogen and oxygen atoms in total. The summed E-state index contributed by atoms with van der Waals surface area (Å²) in [6.45, 7) is 8.16. The lowest BCUT2D eigenvalue weighted by atomic mass is 10.0. The minimum Gasteiger partial charge on any atom is -0.370 e. The molecule has 0 saturated carbocycles. The summed E-state index contributed by atoms with van der Waals surface area (Å²) in [7, 11) is 0. The van der Waals surface area contributed by atoms with Gasteiger partial charge in [0.1, 0.15) is 6.10 Å². The molecule has 0 N–H and O–H groups in total. The third-order valence-electron chi connectivity index (χ3n) is 4.20. The van der Waals surface area contributed by atoms with Crippen molar-refractivity contribution in [1.82, 2.24) is 19.9 Å². The lowest BCUT2D eigenvalue weighted by Crippen LogP contribution is -2.42. The van der Waals surface area contributed by atoms with Gasteiger partial charge in [-0.2, -0.15) is 9.90 Å². The van der Waals surface area contributed by atoms with Gasteiger partial charge in [0.25, 0.3) is 5.91 Å². The van der Waals surface area contributed by atoms with Gasteiger partial charge >= 0.3 is 0 Å². The first-order valence-electron chi connectivity index (χ1n) is 7.98. The van der Waals surface area contributed by atoms with Gasteiger partial charge in [-0.1, -0.05) is 24.3 Å². The highest BCUT2D eigenvalue weighted by molar-refractivity contribution is 5.93. The van der Waals surface area contributed by atoms with Crippen LogP contribution in [0, 0.1) is 13.8 Å². The molecule has 1 aromatic heterocycles. The van der Waals surface area contributed by atoms with Crippen LogP contribution >= 0.6 is 0 Å². The second-order valence-electron chi connectivity index (χ2n) is 5.79. The first-order chi connectivity index (χ1) is 11.1. The number of hydrogen-bond donors (Lipinski definition) is 0. The Kier molecular flexibility index (Phi) is 4.43. The molecular formula is C17H22N4O2. The van der Waals surface area contributed by atoms with Crippen molar-refractivity contribution in [3.8, 4) is 0 Å². The van der Waals surface area contributed by atoms with Crippen molar-refractivity contribution in [1.29, 1.82) is 0 Å². The Morgan fingerprint density at radius 3 is 2.78 bits per heavy atom. The van der Waals surface area contributed by atoms with Crippen molar-refractivity contribution in [3.63, 3.8) is 0 Å². The lowest BCUT2D eigenvalue weighted by Gasteiger charge is -2.33. The minimum absolute atomic E-state index is 0.0657. The first-order valence-corrected chi connectivity index (χ1v) is 7.98. The summed E-state index contributed by atoms with van der Waals surface area (Å²) in [6, 6.07) is 8.14. The topological polar surface area (TPSA) is 60.2 Å². The number of carbonyl (C=O) groups excluding carboxylic acids is 1. The number of amides is 1. The summed E-state index contributed by atoms with van der Waals surface area (Å²) < 4.78 is 5.88. The van der Waals surface area contributed by atoms with Crippen molar-refractivity contribution in [2.24, 2.45) is 0 Å². The molecule has 1 aromatic carbocycles. The maximum atomic E-state index is 12.8. The summed E-state index contributed by atoms with van der Waals surface area (Å²) in [5.74, 6) is -0.0657. The van der Waals surface area contributed by atoms with Crippen LogP contribution in [0.15, 0.2) is 24.3 Å². The van der Waals surface area contributed by atoms with Crippen LogP contribution in [0.2, 0.25) is 0 Å². The van der Waals surface area contributed by atoms with Gasteiger partial charge in [-0.25, -0.2) is 0 Å². The molecular weight excluding hydrogens is 292 g/mol. The van der Waals surface area contributed by atoms with Crippen molar-refractivity contribution < 1.29 is 9.53 Å². The van der Waals surface area contributed by atoms with Crippen LogP contribution in [-0.4, -0.2) is 45.5 Å². The van der Waals surface area contributed by atoms with Gasteiger partial charge in [-0.05, 0) is 31.9 Å². The second kappa shape index (κ2) is 6.50. The Hall–Kier alpha value is -2.21. The fourth-order valence-corrected chi connectivity index (χ4v) is 2.89. The number of morpholine rings is 1. The molecule has 1 fully saturated rings. The number of aromatic nitrogens is 3. The van der Waals surface area contributed by atoms with Gasteiger partial charge < -0.3 is 9.64 Å². The number of hydrogen-bond acceptors (Lipinski definition) is 4. The van der Waals surface area contributed by atoms with E-state index in [4.69, 9.17) is 4.74 Å². The van der Waals surface area contributed by atoms with E-state index in [9.17, 15) is 4.79 Å². The molecule has 0 aliphatic carbocycles. The zero-order chi connectivity index (χ0) is 16.4. The van der Waals surface area contributed by atoms with Crippen LogP contribution < -0.4 is 0 Å². The van der Waals surface area contributed by atoms with Crippen LogP contribution in [-0.2, 0) is 11.3 Å². The molecule has 1 aliphatic heterocycles. The number of rotatable bonds is 3. The van der Waals surface area contributed by atoms with Crippen molar-refractivity contribution in [3.05, 3.63) is 46.8 Å². The van der Waals surface area contributed by atoms with Crippen molar-refractivity contribution in [2.75, 3.05) is 19.7 Å². The van der Waals surface area contributed by atoms with Gasteiger partial charge in [0.15, 0.2) is 5.69 Å². The molecule has 2 heterocycles. The van der Waals surface area contributed by atoms with Gasteiger partial charge in [-0.15, -0.1) is 5.10 Å². The predicted octanol–water partition coefficient (Wildman–Crippen LogP) is 2.13. The van der Waals surface area contributed by atoms with E-state index in [0.717, 1.165) is 5.56 Å². The minimum atomic E-state index is -0.0876. The summed E-state index contributed by atoms with van der Waals surface area (Å²) in [5, 5.41) is 8.56. The molecule has 1 saturated heterocycles. The summed E-state index contributed by atoms with van der Waals surface area (Å²) in [5.41, 5.74) is 3.44. The Labute approximate surface area is 136 Å². The fourth-order valence-electron chi connectivity index (χ4n) is 2.89. The Morgan fingerprint density at radius 2 is 2.09 bits per heavy atom. The number of aryl methyl sites for hydroxylation is 3. The maximum Gasteiger partial charge on any atom is 0.276 e. The molecule has 0 bridgehead atoms. The molecule has 1 atom stereocenters. The van der Waals surface area contributed by atoms with E-state index in [-0.39, 0.29) is 12.0 Å². The predicted molar refractivity (Wildman–Crippen MR) is 86.2 cm³/mol. The zero-order valence-electron chi connectivity index (χ0n) is 13.8. The number of ether oxygens (including phenoxy) is 1. The summed E-state index contributed by atoms with van der Waals surface area (Å²) in [4.78, 5) is 16.1. The SMILES string of the molecule is CCn1nc(C)c(C(=O)N2CCOC(c3ccccc3C)C2)n1. The van der Waals surface area contributed by atoms with Crippen LogP contribution in [0.5, 0.6) is 0 Å². The smallest absolute Gasteiger partial charge is 0.276 e. The molecule has 1 unspecified atom stereocenters. The molecule has 1 aliphatic rings. The normalized spacial score (nSPS) is 18.2. The van der Waals surface area contributed by atoms with E-state index in [2.05, 4.69) is 29.3 Å². The van der Waals surface area contributed by atoms with E-state index in [1.165, 1.54) is 5.56 Å². The maximum absolute atomic E-state index is 12.8. The third-order valence-corrected chi connectivity index (χ3v) is 4.20. The number of nitrogens with zero attached hydrogens (tertiary/aromatic N) is 4. The molecule has 0 spiro atoms. The Balaban J connectivity index is 1.79. The molecule has 3 rings (SSSR count). The average molecular weight is 314 g/mol. The van der Waals surface area contributed by atoms with E-state index < -0.39 is 0 Å². The van der Waals surface area contributed by atoms with Gasteiger partial charge in [0, 0.05) is 6.54 Å². The second-order valence-corrected chi connectivity index (χ2v) is 5.79. The molecule has 23 heavy (non-hydrogen) atoms. The van der Waals surface area contributed by atoms with E-state index in [1.54, 1.807) is 4.80 Å². The molecule has 2 aromatic rings. The molecule has 1 amide bonds. The average Bonchev–Trinajstić information content (AvgIpc) is 2.96. The van der Waals surface area contributed by atoms with Gasteiger partial charge in [0.2, 0.25) is 0 Å². The van der Waals surface area contributed by atoms with Crippen LogP contribution in [0.4, 0.5) is 0 Å². The highest BCUT2D eigenvalue weighted by Crippen LogP contribution is 2.25. The Morgan fingerprint density at radius 1 is 1.30 bits per heavy atom. The van der Waals surface area contributed by atoms with Crippen molar-refractivity contribution >= 4 is 5.91 Å². The monoisotopic (exact) mass is 314 g/mol. The summed E-state index contributed by atoms with van der Waals surface area (Å²) in [6.07, 6.45) is -0.0876. The summed E-state index contributed by atoms with van der Waals surface area (Å²) >= 11 is 0. The van der Waals surface area contributed by atoms with E-state index in [1.807, 2.05) is 30.9 Å². The van der Waals surface area contributed by atoms with Crippen molar-refractivity contribution in [2.45, 2.75) is 33.4 Å². The highest BCUT2D eigenvalue weighted by atomic mass is 16.5. The van der Waals surface area contributed by atoms with Gasteiger partial charge in [0.05, 0.1) is 25.4 Å². The quantitative estimate of drug-likeness (QED) is 0.871. The number of benzene rings is 1. The van der Waals surface area contributed by atoms with Crippen LogP contribution in [0.1, 0.15) is 40.3 Å².